The van der Waals surface area contributed by atoms with E-state index in [0.717, 1.165) is 30.8 Å². The average Bonchev–Trinajstić information content (AvgIpc) is 2.81. The van der Waals surface area contributed by atoms with Crippen molar-refractivity contribution in [2.45, 2.75) is 129 Å². The van der Waals surface area contributed by atoms with Gasteiger partial charge in [0.15, 0.2) is 0 Å². The van der Waals surface area contributed by atoms with Crippen LogP contribution in [0.5, 0.6) is 5.75 Å². The zero-order valence-corrected chi connectivity index (χ0v) is 21.4. The zero-order valence-electron chi connectivity index (χ0n) is 21.4. The number of ether oxygens (including phenoxy) is 1. The highest BCUT2D eigenvalue weighted by Crippen LogP contribution is 2.16. The van der Waals surface area contributed by atoms with Crippen molar-refractivity contribution < 1.29 is 14.6 Å². The molecule has 0 atom stereocenters. The molecule has 188 valence electrons. The molecule has 0 amide bonds. The second-order valence-corrected chi connectivity index (χ2v) is 9.41. The third-order valence-electron chi connectivity index (χ3n) is 6.22. The molecule has 0 aliphatic rings. The summed E-state index contributed by atoms with van der Waals surface area (Å²) in [6.07, 6.45) is 28.0. The first-order valence-corrected chi connectivity index (χ1v) is 13.8. The maximum absolute atomic E-state index is 10.5. The summed E-state index contributed by atoms with van der Waals surface area (Å²) < 4.78 is 5.86. The Morgan fingerprint density at radius 1 is 0.727 bits per heavy atom. The molecule has 3 nitrogen and oxygen atoms in total. The Kier molecular flexibility index (Phi) is 19.5. The van der Waals surface area contributed by atoms with Crippen LogP contribution >= 0.6 is 0 Å². The number of unbranched alkanes of at least 4 members (excludes halogenated alkanes) is 16. The lowest BCUT2D eigenvalue weighted by atomic mass is 10.0. The fourth-order valence-corrected chi connectivity index (χ4v) is 4.11. The smallest absolute Gasteiger partial charge is 0.303 e. The van der Waals surface area contributed by atoms with Gasteiger partial charge in [0.25, 0.3) is 0 Å². The molecule has 0 saturated heterocycles. The third-order valence-corrected chi connectivity index (χ3v) is 6.22. The van der Waals surface area contributed by atoms with E-state index in [2.05, 4.69) is 19.1 Å². The van der Waals surface area contributed by atoms with Crippen molar-refractivity contribution in [3.8, 4) is 5.75 Å². The number of carboxylic acid groups (broad SMARTS) is 1. The molecule has 0 unspecified atom stereocenters. The Morgan fingerprint density at radius 2 is 1.21 bits per heavy atom. The number of rotatable bonds is 23. The van der Waals surface area contributed by atoms with Gasteiger partial charge < -0.3 is 9.84 Å². The van der Waals surface area contributed by atoms with Crippen molar-refractivity contribution in [1.29, 1.82) is 0 Å². The summed E-state index contributed by atoms with van der Waals surface area (Å²) in [5, 5.41) is 8.64. The van der Waals surface area contributed by atoms with Crippen molar-refractivity contribution in [2.75, 3.05) is 6.61 Å². The highest BCUT2D eigenvalue weighted by Gasteiger charge is 1.97. The van der Waals surface area contributed by atoms with Crippen LogP contribution < -0.4 is 4.74 Å². The standard InChI is InChI=1S/C30H50O3/c1-2-3-4-5-6-7-8-9-10-11-12-13-14-15-16-20-27-33-29-25-23-28(24-26-29)21-18-17-19-22-30(31)32/h18,21,23-26H,2-17,19-20,22,27H2,1H3,(H,31,32)/b21-18+. The van der Waals surface area contributed by atoms with E-state index in [1.165, 1.54) is 96.3 Å². The topological polar surface area (TPSA) is 46.5 Å². The van der Waals surface area contributed by atoms with Gasteiger partial charge in [-0.15, -0.1) is 0 Å². The van der Waals surface area contributed by atoms with Crippen molar-refractivity contribution in [2.24, 2.45) is 0 Å². The van der Waals surface area contributed by atoms with Gasteiger partial charge in [-0.25, -0.2) is 0 Å². The minimum atomic E-state index is -0.728. The van der Waals surface area contributed by atoms with Crippen molar-refractivity contribution in [3.63, 3.8) is 0 Å². The molecule has 0 saturated carbocycles. The summed E-state index contributed by atoms with van der Waals surface area (Å²) in [4.78, 5) is 10.5. The molecule has 33 heavy (non-hydrogen) atoms. The molecule has 0 heterocycles. The van der Waals surface area contributed by atoms with E-state index in [-0.39, 0.29) is 6.42 Å². The van der Waals surface area contributed by atoms with Gasteiger partial charge in [-0.1, -0.05) is 128 Å². The van der Waals surface area contributed by atoms with E-state index in [9.17, 15) is 4.79 Å². The van der Waals surface area contributed by atoms with Crippen molar-refractivity contribution >= 4 is 12.0 Å². The van der Waals surface area contributed by atoms with Crippen LogP contribution in [-0.2, 0) is 4.79 Å². The van der Waals surface area contributed by atoms with Gasteiger partial charge in [0.2, 0.25) is 0 Å². The first-order valence-electron chi connectivity index (χ1n) is 13.8. The van der Waals surface area contributed by atoms with E-state index in [1.807, 2.05) is 24.3 Å². The minimum absolute atomic E-state index is 0.233. The molecule has 0 radical (unpaired) electrons. The van der Waals surface area contributed by atoms with Crippen molar-refractivity contribution in [1.82, 2.24) is 0 Å². The summed E-state index contributed by atoms with van der Waals surface area (Å²) in [5.74, 6) is 0.202. The molecule has 0 aromatic heterocycles. The lowest BCUT2D eigenvalue weighted by Gasteiger charge is -2.07. The summed E-state index contributed by atoms with van der Waals surface area (Å²) in [6, 6.07) is 8.14. The SMILES string of the molecule is CCCCCCCCCCCCCCCCCCOc1ccc(/C=C/CCCC(=O)O)cc1. The third kappa shape index (κ3) is 19.4. The minimum Gasteiger partial charge on any atom is -0.494 e. The van der Waals surface area contributed by atoms with Gasteiger partial charge in [-0.3, -0.25) is 4.79 Å². The van der Waals surface area contributed by atoms with Crippen LogP contribution in [0.25, 0.3) is 6.08 Å². The second-order valence-electron chi connectivity index (χ2n) is 9.41. The highest BCUT2D eigenvalue weighted by molar-refractivity contribution is 5.66. The van der Waals surface area contributed by atoms with E-state index < -0.39 is 5.97 Å². The normalized spacial score (nSPS) is 11.3. The van der Waals surface area contributed by atoms with E-state index in [4.69, 9.17) is 9.84 Å². The fourth-order valence-electron chi connectivity index (χ4n) is 4.11. The second kappa shape index (κ2) is 22.0. The molecule has 1 rings (SSSR count). The van der Waals surface area contributed by atoms with Gasteiger partial charge in [0, 0.05) is 6.42 Å². The number of hydrogen-bond acceptors (Lipinski definition) is 2. The Bertz CT molecular complexity index is 591. The number of aliphatic carboxylic acids is 1. The number of allylic oxidation sites excluding steroid dienone is 1. The Balaban J connectivity index is 1.87. The molecular weight excluding hydrogens is 408 g/mol. The number of carbonyl (C=O) groups is 1. The molecular formula is C30H50O3. The Morgan fingerprint density at radius 3 is 1.70 bits per heavy atom. The summed E-state index contributed by atoms with van der Waals surface area (Å²) in [6.45, 7) is 3.08. The van der Waals surface area contributed by atoms with Crippen LogP contribution in [0.15, 0.2) is 30.3 Å². The van der Waals surface area contributed by atoms with Crippen molar-refractivity contribution in [3.05, 3.63) is 35.9 Å². The predicted octanol–water partition coefficient (Wildman–Crippen LogP) is 9.60. The molecule has 0 spiro atoms. The van der Waals surface area contributed by atoms with Crippen LogP contribution in [0.1, 0.15) is 134 Å². The van der Waals surface area contributed by atoms with Gasteiger partial charge in [0.1, 0.15) is 5.75 Å². The van der Waals surface area contributed by atoms with Gasteiger partial charge in [0.05, 0.1) is 6.61 Å². The molecule has 0 aliphatic carbocycles. The molecule has 0 aliphatic heterocycles. The maximum atomic E-state index is 10.5. The number of hydrogen-bond donors (Lipinski definition) is 1. The van der Waals surface area contributed by atoms with Crippen LogP contribution in [0.4, 0.5) is 0 Å². The first kappa shape index (κ1) is 29.3. The predicted molar refractivity (Wildman–Crippen MR) is 142 cm³/mol. The first-order chi connectivity index (χ1) is 16.2. The molecule has 0 fully saturated rings. The highest BCUT2D eigenvalue weighted by atomic mass is 16.5. The lowest BCUT2D eigenvalue weighted by Crippen LogP contribution is -1.97. The largest absolute Gasteiger partial charge is 0.494 e. The van der Waals surface area contributed by atoms with E-state index in [0.29, 0.717) is 6.42 Å². The van der Waals surface area contributed by atoms with Gasteiger partial charge in [-0.05, 0) is 37.0 Å². The quantitative estimate of drug-likeness (QED) is 0.166. The molecule has 1 aromatic rings. The Labute approximate surface area is 204 Å². The zero-order chi connectivity index (χ0) is 23.8. The summed E-state index contributed by atoms with van der Waals surface area (Å²) in [7, 11) is 0. The van der Waals surface area contributed by atoms with Crippen LogP contribution in [0, 0.1) is 0 Å². The Hall–Kier alpha value is -1.77. The molecule has 1 N–H and O–H groups in total. The van der Waals surface area contributed by atoms with E-state index in [1.54, 1.807) is 0 Å². The monoisotopic (exact) mass is 458 g/mol. The maximum Gasteiger partial charge on any atom is 0.303 e. The average molecular weight is 459 g/mol. The lowest BCUT2D eigenvalue weighted by molar-refractivity contribution is -0.137. The fraction of sp³-hybridized carbons (Fsp3) is 0.700. The van der Waals surface area contributed by atoms with Crippen LogP contribution in [0.3, 0.4) is 0 Å². The summed E-state index contributed by atoms with van der Waals surface area (Å²) in [5.41, 5.74) is 1.13. The van der Waals surface area contributed by atoms with Gasteiger partial charge >= 0.3 is 5.97 Å². The van der Waals surface area contributed by atoms with Gasteiger partial charge in [-0.2, -0.15) is 0 Å². The molecule has 1 aromatic carbocycles. The molecule has 0 bridgehead atoms. The van der Waals surface area contributed by atoms with Crippen LogP contribution in [-0.4, -0.2) is 17.7 Å². The number of benzene rings is 1. The van der Waals surface area contributed by atoms with Crippen LogP contribution in [0.2, 0.25) is 0 Å². The number of carboxylic acids is 1. The van der Waals surface area contributed by atoms with E-state index >= 15 is 0 Å². The molecule has 3 heteroatoms. The summed E-state index contributed by atoms with van der Waals surface area (Å²) >= 11 is 0.